The number of hydrogen-bond donors (Lipinski definition) is 0. The lowest BCUT2D eigenvalue weighted by Crippen LogP contribution is -2.28. The second-order valence-corrected chi connectivity index (χ2v) is 5.56. The minimum absolute atomic E-state index is 0.0888. The van der Waals surface area contributed by atoms with Crippen LogP contribution in [0, 0.1) is 0 Å². The van der Waals surface area contributed by atoms with E-state index in [4.69, 9.17) is 0 Å². The molecule has 0 atom stereocenters. The average Bonchev–Trinajstić information content (AvgIpc) is 2.76. The van der Waals surface area contributed by atoms with Gasteiger partial charge in [0.15, 0.2) is 11.4 Å². The van der Waals surface area contributed by atoms with Gasteiger partial charge < -0.3 is 4.18 Å². The number of nitrogens with zero attached hydrogens (tertiary/aromatic N) is 3. The minimum Gasteiger partial charge on any atom is -0.375 e. The van der Waals surface area contributed by atoms with Gasteiger partial charge in [-0.05, 0) is 18.2 Å². The summed E-state index contributed by atoms with van der Waals surface area (Å²) in [5, 5.41) is 4.15. The molecule has 3 aromatic rings. The molecular formula is C11H6F3N3O3S. The summed E-state index contributed by atoms with van der Waals surface area (Å²) >= 11 is 0. The van der Waals surface area contributed by atoms with Gasteiger partial charge in [-0.25, -0.2) is 9.50 Å². The third kappa shape index (κ3) is 2.17. The van der Waals surface area contributed by atoms with Crippen LogP contribution in [0.1, 0.15) is 0 Å². The molecule has 3 rings (SSSR count). The van der Waals surface area contributed by atoms with Gasteiger partial charge >= 0.3 is 15.6 Å². The molecule has 0 aliphatic rings. The van der Waals surface area contributed by atoms with Crippen LogP contribution in [0.2, 0.25) is 0 Å². The zero-order chi connectivity index (χ0) is 15.3. The molecule has 110 valence electrons. The van der Waals surface area contributed by atoms with Gasteiger partial charge in [-0.3, -0.25) is 0 Å². The van der Waals surface area contributed by atoms with E-state index in [0.29, 0.717) is 0 Å². The maximum absolute atomic E-state index is 12.4. The number of halogens is 3. The first kappa shape index (κ1) is 13.6. The maximum atomic E-state index is 12.4. The fourth-order valence-corrected chi connectivity index (χ4v) is 2.27. The van der Waals surface area contributed by atoms with Crippen molar-refractivity contribution in [3.05, 3.63) is 36.7 Å². The van der Waals surface area contributed by atoms with Gasteiger partial charge in [-0.1, -0.05) is 6.07 Å². The average molecular weight is 317 g/mol. The quantitative estimate of drug-likeness (QED) is 0.534. The Bertz CT molecular complexity index is 934. The Hall–Kier alpha value is -2.36. The van der Waals surface area contributed by atoms with Crippen LogP contribution in [0.25, 0.3) is 16.6 Å². The highest BCUT2D eigenvalue weighted by atomic mass is 32.2. The van der Waals surface area contributed by atoms with Gasteiger partial charge in [0.2, 0.25) is 0 Å². The van der Waals surface area contributed by atoms with Gasteiger partial charge in [-0.2, -0.15) is 26.7 Å². The highest BCUT2D eigenvalue weighted by Crippen LogP contribution is 2.33. The molecule has 2 heterocycles. The molecule has 0 spiro atoms. The summed E-state index contributed by atoms with van der Waals surface area (Å²) in [6.45, 7) is 0. The molecule has 0 aliphatic heterocycles. The van der Waals surface area contributed by atoms with Crippen molar-refractivity contribution in [2.75, 3.05) is 0 Å². The van der Waals surface area contributed by atoms with Crippen molar-refractivity contribution in [1.29, 1.82) is 0 Å². The summed E-state index contributed by atoms with van der Waals surface area (Å²) in [5.74, 6) is -0.474. The molecule has 0 saturated carbocycles. The molecule has 1 aromatic carbocycles. The molecule has 0 saturated heterocycles. The van der Waals surface area contributed by atoms with E-state index < -0.39 is 21.4 Å². The van der Waals surface area contributed by atoms with Crippen molar-refractivity contribution >= 4 is 26.7 Å². The molecule has 21 heavy (non-hydrogen) atoms. The Kier molecular flexibility index (Phi) is 2.80. The Balaban J connectivity index is 2.24. The smallest absolute Gasteiger partial charge is 0.375 e. The number of aromatic nitrogens is 3. The second kappa shape index (κ2) is 4.32. The van der Waals surface area contributed by atoms with E-state index >= 15 is 0 Å². The summed E-state index contributed by atoms with van der Waals surface area (Å²) < 4.78 is 65.0. The predicted octanol–water partition coefficient (Wildman–Crippen LogP) is 2.11. The molecule has 10 heteroatoms. The van der Waals surface area contributed by atoms with Crippen molar-refractivity contribution in [2.45, 2.75) is 5.51 Å². The Morgan fingerprint density at radius 1 is 1.19 bits per heavy atom. The first-order chi connectivity index (χ1) is 9.79. The van der Waals surface area contributed by atoms with Gasteiger partial charge in [0.1, 0.15) is 0 Å². The van der Waals surface area contributed by atoms with E-state index in [0.717, 1.165) is 6.07 Å². The molecule has 0 bridgehead atoms. The summed E-state index contributed by atoms with van der Waals surface area (Å²) in [7, 11) is -5.75. The number of fused-ring (bicyclic) bond motifs is 3. The lowest BCUT2D eigenvalue weighted by molar-refractivity contribution is -0.0499. The van der Waals surface area contributed by atoms with E-state index in [2.05, 4.69) is 14.3 Å². The molecule has 2 aromatic heterocycles. The number of hydrogen-bond acceptors (Lipinski definition) is 5. The van der Waals surface area contributed by atoms with Crippen LogP contribution in [0.4, 0.5) is 13.2 Å². The number of alkyl halides is 3. The standard InChI is InChI=1S/C11H6F3N3O3S/c12-11(13,14)21(18,19)20-8-4-1-3-7-9(8)10-15-5-2-6-17(10)16-7/h1-6H. The lowest BCUT2D eigenvalue weighted by Gasteiger charge is -2.09. The summed E-state index contributed by atoms with van der Waals surface area (Å²) in [6, 6.07) is 5.54. The van der Waals surface area contributed by atoms with Gasteiger partial charge in [0.05, 0.1) is 10.9 Å². The van der Waals surface area contributed by atoms with E-state index in [-0.39, 0.29) is 16.6 Å². The third-order valence-corrected chi connectivity index (χ3v) is 3.62. The SMILES string of the molecule is O=S(=O)(Oc1cccc2nn3cccnc3c12)C(F)(F)F. The fraction of sp³-hybridized carbons (Fsp3) is 0.0909. The zero-order valence-electron chi connectivity index (χ0n) is 10.1. The van der Waals surface area contributed by atoms with E-state index in [9.17, 15) is 21.6 Å². The van der Waals surface area contributed by atoms with Crippen molar-refractivity contribution in [1.82, 2.24) is 14.6 Å². The van der Waals surface area contributed by atoms with Crippen LogP contribution >= 0.6 is 0 Å². The summed E-state index contributed by atoms with van der Waals surface area (Å²) in [4.78, 5) is 3.97. The summed E-state index contributed by atoms with van der Waals surface area (Å²) in [5.41, 5.74) is -5.05. The van der Waals surface area contributed by atoms with Crippen LogP contribution < -0.4 is 4.18 Å². The van der Waals surface area contributed by atoms with E-state index in [1.54, 1.807) is 6.07 Å². The van der Waals surface area contributed by atoms with Gasteiger partial charge in [0.25, 0.3) is 0 Å². The van der Waals surface area contributed by atoms with E-state index in [1.807, 2.05) is 0 Å². The van der Waals surface area contributed by atoms with Crippen LogP contribution in [0.3, 0.4) is 0 Å². The monoisotopic (exact) mass is 317 g/mol. The maximum Gasteiger partial charge on any atom is 0.534 e. The first-order valence-electron chi connectivity index (χ1n) is 5.52. The zero-order valence-corrected chi connectivity index (χ0v) is 10.9. The van der Waals surface area contributed by atoms with Crippen LogP contribution in [0.15, 0.2) is 36.7 Å². The van der Waals surface area contributed by atoms with Crippen molar-refractivity contribution < 1.29 is 25.8 Å². The molecule has 0 unspecified atom stereocenters. The van der Waals surface area contributed by atoms with E-state index in [1.165, 1.54) is 29.0 Å². The number of benzene rings is 1. The Morgan fingerprint density at radius 3 is 2.67 bits per heavy atom. The molecule has 0 fully saturated rings. The minimum atomic E-state index is -5.75. The van der Waals surface area contributed by atoms with Crippen LogP contribution in [-0.4, -0.2) is 28.5 Å². The Morgan fingerprint density at radius 2 is 1.95 bits per heavy atom. The lowest BCUT2D eigenvalue weighted by atomic mass is 10.2. The highest BCUT2D eigenvalue weighted by molar-refractivity contribution is 7.88. The van der Waals surface area contributed by atoms with Gasteiger partial charge in [-0.15, -0.1) is 0 Å². The van der Waals surface area contributed by atoms with Gasteiger partial charge in [0, 0.05) is 12.4 Å². The third-order valence-electron chi connectivity index (χ3n) is 2.65. The first-order valence-corrected chi connectivity index (χ1v) is 6.93. The molecule has 0 N–H and O–H groups in total. The highest BCUT2D eigenvalue weighted by Gasteiger charge is 2.48. The number of rotatable bonds is 2. The fourth-order valence-electron chi connectivity index (χ4n) is 1.80. The molecule has 0 amide bonds. The largest absolute Gasteiger partial charge is 0.534 e. The molecule has 6 nitrogen and oxygen atoms in total. The second-order valence-electron chi connectivity index (χ2n) is 4.02. The molecule has 0 aliphatic carbocycles. The predicted molar refractivity (Wildman–Crippen MR) is 66.1 cm³/mol. The normalized spacial score (nSPS) is 12.9. The van der Waals surface area contributed by atoms with Crippen LogP contribution in [-0.2, 0) is 10.1 Å². The van der Waals surface area contributed by atoms with Crippen molar-refractivity contribution in [3.8, 4) is 5.75 Å². The summed E-state index contributed by atoms with van der Waals surface area (Å²) in [6.07, 6.45) is 2.94. The molecule has 0 radical (unpaired) electrons. The van der Waals surface area contributed by atoms with Crippen molar-refractivity contribution in [3.63, 3.8) is 0 Å². The van der Waals surface area contributed by atoms with Crippen LogP contribution in [0.5, 0.6) is 5.75 Å². The van der Waals surface area contributed by atoms with Crippen molar-refractivity contribution in [2.24, 2.45) is 0 Å². The topological polar surface area (TPSA) is 73.6 Å². The molecular weight excluding hydrogens is 311 g/mol. The Labute approximate surface area is 115 Å².